The molecule has 0 radical (unpaired) electrons. The van der Waals surface area contributed by atoms with Gasteiger partial charge in [-0.3, -0.25) is 9.89 Å². The first-order valence-corrected chi connectivity index (χ1v) is 6.85. The monoisotopic (exact) mass is 301 g/mol. The summed E-state index contributed by atoms with van der Waals surface area (Å²) in [5.74, 6) is -0.972. The molecule has 1 aliphatic rings. The van der Waals surface area contributed by atoms with Crippen molar-refractivity contribution in [1.82, 2.24) is 15.1 Å². The number of nitrogens with zero attached hydrogens (tertiary/aromatic N) is 2. The summed E-state index contributed by atoms with van der Waals surface area (Å²) in [7, 11) is 0. The van der Waals surface area contributed by atoms with E-state index in [1.807, 2.05) is 0 Å². The van der Waals surface area contributed by atoms with Crippen molar-refractivity contribution in [2.45, 2.75) is 13.0 Å². The highest BCUT2D eigenvalue weighted by Gasteiger charge is 2.36. The normalized spacial score (nSPS) is 17.3. The SMILES string of the molecule is Cc1[nH]ncc1C(=O)N1CCOc2ccccc2C1C(=O)O. The van der Waals surface area contributed by atoms with Crippen LogP contribution < -0.4 is 4.74 Å². The van der Waals surface area contributed by atoms with Crippen molar-refractivity contribution in [2.24, 2.45) is 0 Å². The van der Waals surface area contributed by atoms with E-state index in [9.17, 15) is 14.7 Å². The Kier molecular flexibility index (Phi) is 3.54. The van der Waals surface area contributed by atoms with E-state index in [-0.39, 0.29) is 19.1 Å². The molecule has 1 aliphatic heterocycles. The third kappa shape index (κ3) is 2.30. The Labute approximate surface area is 126 Å². The topological polar surface area (TPSA) is 95.5 Å². The number of rotatable bonds is 2. The summed E-state index contributed by atoms with van der Waals surface area (Å²) in [6, 6.07) is 5.80. The van der Waals surface area contributed by atoms with E-state index in [4.69, 9.17) is 4.74 Å². The standard InChI is InChI=1S/C15H15N3O4/c1-9-11(8-16-17-9)14(19)18-6-7-22-12-5-3-2-4-10(12)13(18)15(20)21/h2-5,8,13H,6-7H2,1H3,(H,16,17)(H,20,21). The molecule has 0 saturated heterocycles. The van der Waals surface area contributed by atoms with Gasteiger partial charge < -0.3 is 14.7 Å². The van der Waals surface area contributed by atoms with Gasteiger partial charge in [0.05, 0.1) is 18.3 Å². The van der Waals surface area contributed by atoms with Crippen molar-refractivity contribution in [1.29, 1.82) is 0 Å². The molecule has 1 atom stereocenters. The van der Waals surface area contributed by atoms with Crippen LogP contribution >= 0.6 is 0 Å². The van der Waals surface area contributed by atoms with Gasteiger partial charge in [-0.15, -0.1) is 0 Å². The van der Waals surface area contributed by atoms with Crippen LogP contribution in [0.3, 0.4) is 0 Å². The summed E-state index contributed by atoms with van der Waals surface area (Å²) in [4.78, 5) is 25.8. The average Bonchev–Trinajstić information content (AvgIpc) is 2.82. The molecule has 22 heavy (non-hydrogen) atoms. The van der Waals surface area contributed by atoms with Crippen molar-refractivity contribution < 1.29 is 19.4 Å². The summed E-state index contributed by atoms with van der Waals surface area (Å²) in [6.07, 6.45) is 1.41. The lowest BCUT2D eigenvalue weighted by molar-refractivity contribution is -0.142. The number of hydrogen-bond acceptors (Lipinski definition) is 4. The van der Waals surface area contributed by atoms with E-state index in [0.29, 0.717) is 22.6 Å². The zero-order valence-corrected chi connectivity index (χ0v) is 11.9. The second kappa shape index (κ2) is 5.51. The fourth-order valence-electron chi connectivity index (χ4n) is 2.59. The number of aryl methyl sites for hydroxylation is 1. The molecule has 0 saturated carbocycles. The third-order valence-corrected chi connectivity index (χ3v) is 3.67. The number of carboxylic acids is 1. The van der Waals surface area contributed by atoms with Gasteiger partial charge in [0.15, 0.2) is 6.04 Å². The Morgan fingerprint density at radius 3 is 2.86 bits per heavy atom. The van der Waals surface area contributed by atoms with E-state index in [0.717, 1.165) is 0 Å². The molecule has 2 aromatic rings. The van der Waals surface area contributed by atoms with E-state index in [2.05, 4.69) is 10.2 Å². The second-order valence-electron chi connectivity index (χ2n) is 5.03. The molecule has 7 heteroatoms. The van der Waals surface area contributed by atoms with Crippen LogP contribution in [0.15, 0.2) is 30.5 Å². The molecule has 7 nitrogen and oxygen atoms in total. The van der Waals surface area contributed by atoms with Crippen LogP contribution in [0.1, 0.15) is 27.7 Å². The van der Waals surface area contributed by atoms with Crippen LogP contribution in [0.5, 0.6) is 5.75 Å². The molecule has 1 aromatic carbocycles. The minimum absolute atomic E-state index is 0.190. The molecular formula is C15H15N3O4. The number of aliphatic carboxylic acids is 1. The maximum absolute atomic E-state index is 12.7. The van der Waals surface area contributed by atoms with Crippen LogP contribution in [-0.2, 0) is 4.79 Å². The fraction of sp³-hybridized carbons (Fsp3) is 0.267. The number of aromatic nitrogens is 2. The third-order valence-electron chi connectivity index (χ3n) is 3.67. The zero-order valence-electron chi connectivity index (χ0n) is 11.9. The van der Waals surface area contributed by atoms with Crippen molar-refractivity contribution in [3.05, 3.63) is 47.3 Å². The van der Waals surface area contributed by atoms with Crippen LogP contribution in [0.25, 0.3) is 0 Å². The van der Waals surface area contributed by atoms with E-state index < -0.39 is 12.0 Å². The number of carboxylic acid groups (broad SMARTS) is 1. The number of hydrogen-bond donors (Lipinski definition) is 2. The minimum atomic E-state index is -1.09. The lowest BCUT2D eigenvalue weighted by Gasteiger charge is -2.26. The van der Waals surface area contributed by atoms with Crippen molar-refractivity contribution >= 4 is 11.9 Å². The Hall–Kier alpha value is -2.83. The number of fused-ring (bicyclic) bond motifs is 1. The highest BCUT2D eigenvalue weighted by molar-refractivity contribution is 5.97. The quantitative estimate of drug-likeness (QED) is 0.873. The van der Waals surface area contributed by atoms with E-state index in [1.165, 1.54) is 11.1 Å². The van der Waals surface area contributed by atoms with Crippen molar-refractivity contribution in [3.8, 4) is 5.75 Å². The summed E-state index contributed by atoms with van der Waals surface area (Å²) >= 11 is 0. The number of amides is 1. The molecule has 0 fully saturated rings. The maximum atomic E-state index is 12.7. The number of H-pyrrole nitrogens is 1. The highest BCUT2D eigenvalue weighted by atomic mass is 16.5. The largest absolute Gasteiger partial charge is 0.491 e. The van der Waals surface area contributed by atoms with Gasteiger partial charge in [0, 0.05) is 11.3 Å². The van der Waals surface area contributed by atoms with Gasteiger partial charge in [-0.05, 0) is 13.0 Å². The van der Waals surface area contributed by atoms with E-state index in [1.54, 1.807) is 31.2 Å². The number of para-hydroxylation sites is 1. The smallest absolute Gasteiger partial charge is 0.331 e. The first kappa shape index (κ1) is 14.1. The summed E-state index contributed by atoms with van der Waals surface area (Å²) in [6.45, 7) is 2.15. The highest BCUT2D eigenvalue weighted by Crippen LogP contribution is 2.33. The molecule has 1 aromatic heterocycles. The predicted molar refractivity (Wildman–Crippen MR) is 76.7 cm³/mol. The Morgan fingerprint density at radius 2 is 2.18 bits per heavy atom. The molecular weight excluding hydrogens is 286 g/mol. The molecule has 0 spiro atoms. The number of nitrogens with one attached hydrogen (secondary N) is 1. The Morgan fingerprint density at radius 1 is 1.41 bits per heavy atom. The van der Waals surface area contributed by atoms with Crippen molar-refractivity contribution in [2.75, 3.05) is 13.2 Å². The van der Waals surface area contributed by atoms with E-state index >= 15 is 0 Å². The van der Waals surface area contributed by atoms with Crippen LogP contribution in [0.4, 0.5) is 0 Å². The average molecular weight is 301 g/mol. The number of carbonyl (C=O) groups is 2. The van der Waals surface area contributed by atoms with Gasteiger partial charge in [0.1, 0.15) is 12.4 Å². The van der Waals surface area contributed by atoms with Crippen LogP contribution in [0, 0.1) is 6.92 Å². The molecule has 1 unspecified atom stereocenters. The Bertz CT molecular complexity index is 725. The van der Waals surface area contributed by atoms with Crippen LogP contribution in [0.2, 0.25) is 0 Å². The zero-order chi connectivity index (χ0) is 15.7. The van der Waals surface area contributed by atoms with Gasteiger partial charge in [0.25, 0.3) is 5.91 Å². The first-order valence-electron chi connectivity index (χ1n) is 6.85. The maximum Gasteiger partial charge on any atom is 0.331 e. The number of ether oxygens (including phenoxy) is 1. The lowest BCUT2D eigenvalue weighted by Crippen LogP contribution is -2.40. The van der Waals surface area contributed by atoms with Gasteiger partial charge in [-0.2, -0.15) is 5.10 Å². The molecule has 0 bridgehead atoms. The van der Waals surface area contributed by atoms with Crippen LogP contribution in [-0.4, -0.2) is 45.2 Å². The molecule has 2 N–H and O–H groups in total. The molecule has 0 aliphatic carbocycles. The summed E-state index contributed by atoms with van der Waals surface area (Å²) in [5, 5.41) is 16.1. The Balaban J connectivity index is 2.05. The van der Waals surface area contributed by atoms with Crippen molar-refractivity contribution in [3.63, 3.8) is 0 Å². The van der Waals surface area contributed by atoms with Gasteiger partial charge in [0.2, 0.25) is 0 Å². The number of benzene rings is 1. The molecule has 1 amide bonds. The number of aromatic amines is 1. The van der Waals surface area contributed by atoms with Gasteiger partial charge in [-0.1, -0.05) is 18.2 Å². The van der Waals surface area contributed by atoms with Gasteiger partial charge >= 0.3 is 5.97 Å². The van der Waals surface area contributed by atoms with Gasteiger partial charge in [-0.25, -0.2) is 4.79 Å². The number of carbonyl (C=O) groups excluding carboxylic acids is 1. The predicted octanol–water partition coefficient (Wildman–Crippen LogP) is 1.38. The molecule has 3 rings (SSSR count). The fourth-order valence-corrected chi connectivity index (χ4v) is 2.59. The molecule has 2 heterocycles. The second-order valence-corrected chi connectivity index (χ2v) is 5.03. The summed E-state index contributed by atoms with van der Waals surface area (Å²) < 4.78 is 5.58. The lowest BCUT2D eigenvalue weighted by atomic mass is 10.0. The first-order chi connectivity index (χ1) is 10.6. The minimum Gasteiger partial charge on any atom is -0.491 e. The summed E-state index contributed by atoms with van der Waals surface area (Å²) in [5.41, 5.74) is 1.44. The molecule has 114 valence electrons.